The molecule has 0 aliphatic heterocycles. The Morgan fingerprint density at radius 3 is 2.58 bits per heavy atom. The van der Waals surface area contributed by atoms with E-state index in [9.17, 15) is 14.9 Å². The van der Waals surface area contributed by atoms with Crippen molar-refractivity contribution in [2.75, 3.05) is 14.2 Å². The van der Waals surface area contributed by atoms with Gasteiger partial charge in [-0.1, -0.05) is 6.07 Å². The second-order valence-corrected chi connectivity index (χ2v) is 4.44. The number of hydrogen-bond acceptors (Lipinski definition) is 7. The molecule has 124 valence electrons. The van der Waals surface area contributed by atoms with E-state index < -0.39 is 10.8 Å². The Balaban J connectivity index is 2.24. The van der Waals surface area contributed by atoms with E-state index in [1.165, 1.54) is 38.6 Å². The molecule has 1 heterocycles. The molecule has 0 saturated carbocycles. The summed E-state index contributed by atoms with van der Waals surface area (Å²) in [6.07, 6.45) is 2.62. The number of rotatable bonds is 6. The number of nitrogens with one attached hydrogen (secondary N) is 1. The van der Waals surface area contributed by atoms with E-state index in [0.29, 0.717) is 5.75 Å². The average Bonchev–Trinajstić information content (AvgIpc) is 2.61. The van der Waals surface area contributed by atoms with Crippen molar-refractivity contribution >= 4 is 17.8 Å². The van der Waals surface area contributed by atoms with Crippen LogP contribution >= 0.6 is 0 Å². The molecule has 1 aromatic carbocycles. The Hall–Kier alpha value is -3.49. The molecular formula is C15H14N4O5. The van der Waals surface area contributed by atoms with Gasteiger partial charge in [-0.2, -0.15) is 5.10 Å². The van der Waals surface area contributed by atoms with Gasteiger partial charge >= 0.3 is 0 Å². The fourth-order valence-corrected chi connectivity index (χ4v) is 1.86. The zero-order chi connectivity index (χ0) is 17.5. The summed E-state index contributed by atoms with van der Waals surface area (Å²) in [6.45, 7) is 0. The minimum Gasteiger partial charge on any atom is -0.493 e. The molecule has 0 saturated heterocycles. The third-order valence-electron chi connectivity index (χ3n) is 3.00. The van der Waals surface area contributed by atoms with Crippen molar-refractivity contribution in [3.8, 4) is 11.5 Å². The van der Waals surface area contributed by atoms with Gasteiger partial charge in [-0.25, -0.2) is 5.43 Å². The number of ether oxygens (including phenoxy) is 2. The van der Waals surface area contributed by atoms with Crippen LogP contribution in [-0.4, -0.2) is 36.2 Å². The van der Waals surface area contributed by atoms with Crippen molar-refractivity contribution in [1.82, 2.24) is 10.4 Å². The van der Waals surface area contributed by atoms with Crippen LogP contribution in [0.5, 0.6) is 11.5 Å². The number of nitro groups is 1. The van der Waals surface area contributed by atoms with Crippen LogP contribution in [0.25, 0.3) is 0 Å². The molecule has 2 rings (SSSR count). The standard InChI is InChI=1S/C15H14N4O5/c1-23-13-7-10(12(19(21)22)8-14(13)24-2)9-17-18-15(20)11-5-3-4-6-16-11/h3-9H,1-2H3,(H,18,20)/b17-9-. The minimum absolute atomic E-state index is 0.152. The lowest BCUT2D eigenvalue weighted by molar-refractivity contribution is -0.385. The van der Waals surface area contributed by atoms with Crippen LogP contribution < -0.4 is 14.9 Å². The summed E-state index contributed by atoms with van der Waals surface area (Å²) >= 11 is 0. The normalized spacial score (nSPS) is 10.4. The summed E-state index contributed by atoms with van der Waals surface area (Å²) < 4.78 is 10.1. The number of pyridine rings is 1. The van der Waals surface area contributed by atoms with E-state index in [1.54, 1.807) is 12.1 Å². The Bertz CT molecular complexity index is 777. The molecule has 0 spiro atoms. The number of aromatic nitrogens is 1. The molecule has 0 fully saturated rings. The first-order chi connectivity index (χ1) is 11.6. The molecule has 0 atom stereocenters. The third-order valence-corrected chi connectivity index (χ3v) is 3.00. The predicted octanol–water partition coefficient (Wildman–Crippen LogP) is 1.77. The van der Waals surface area contributed by atoms with E-state index in [1.807, 2.05) is 0 Å². The lowest BCUT2D eigenvalue weighted by Gasteiger charge is -2.08. The smallest absolute Gasteiger partial charge is 0.289 e. The van der Waals surface area contributed by atoms with Crippen molar-refractivity contribution in [2.24, 2.45) is 5.10 Å². The highest BCUT2D eigenvalue weighted by Crippen LogP contribution is 2.33. The van der Waals surface area contributed by atoms with Crippen molar-refractivity contribution in [3.05, 3.63) is 57.9 Å². The van der Waals surface area contributed by atoms with E-state index in [0.717, 1.165) is 6.21 Å². The number of methoxy groups -OCH3 is 2. The van der Waals surface area contributed by atoms with E-state index >= 15 is 0 Å². The van der Waals surface area contributed by atoms with Crippen LogP contribution in [0.15, 0.2) is 41.6 Å². The quantitative estimate of drug-likeness (QED) is 0.490. The molecule has 0 radical (unpaired) electrons. The largest absolute Gasteiger partial charge is 0.493 e. The minimum atomic E-state index is -0.579. The number of nitrogens with zero attached hydrogens (tertiary/aromatic N) is 3. The molecule has 9 heteroatoms. The number of benzene rings is 1. The number of amides is 1. The number of carbonyl (C=O) groups is 1. The van der Waals surface area contributed by atoms with Gasteiger partial charge in [0.1, 0.15) is 5.69 Å². The third kappa shape index (κ3) is 3.83. The van der Waals surface area contributed by atoms with Gasteiger partial charge in [-0.3, -0.25) is 19.9 Å². The number of nitro benzene ring substituents is 1. The second-order valence-electron chi connectivity index (χ2n) is 4.44. The maximum Gasteiger partial charge on any atom is 0.289 e. The number of hydrazone groups is 1. The SMILES string of the molecule is COc1cc(/C=N\NC(=O)c2ccccn2)c([N+](=O)[O-])cc1OC. The van der Waals surface area contributed by atoms with Crippen LogP contribution in [0.3, 0.4) is 0 Å². The highest BCUT2D eigenvalue weighted by molar-refractivity contribution is 5.93. The zero-order valence-corrected chi connectivity index (χ0v) is 12.9. The molecule has 2 aromatic rings. The second kappa shape index (κ2) is 7.68. The summed E-state index contributed by atoms with van der Waals surface area (Å²) in [5, 5.41) is 14.9. The molecule has 1 aromatic heterocycles. The Kier molecular flexibility index (Phi) is 5.40. The molecule has 0 aliphatic rings. The summed E-state index contributed by atoms with van der Waals surface area (Å²) in [7, 11) is 2.79. The maximum absolute atomic E-state index is 11.8. The Morgan fingerprint density at radius 1 is 1.29 bits per heavy atom. The Morgan fingerprint density at radius 2 is 2.00 bits per heavy atom. The van der Waals surface area contributed by atoms with Crippen LogP contribution in [0, 0.1) is 10.1 Å². The fourth-order valence-electron chi connectivity index (χ4n) is 1.86. The lowest BCUT2D eigenvalue weighted by Crippen LogP contribution is -2.18. The highest BCUT2D eigenvalue weighted by Gasteiger charge is 2.18. The monoisotopic (exact) mass is 330 g/mol. The topological polar surface area (TPSA) is 116 Å². The first kappa shape index (κ1) is 16.9. The van der Waals surface area contributed by atoms with Crippen molar-refractivity contribution in [3.63, 3.8) is 0 Å². The van der Waals surface area contributed by atoms with Crippen LogP contribution in [0.2, 0.25) is 0 Å². The summed E-state index contributed by atoms with van der Waals surface area (Å²) in [5.41, 5.74) is 2.35. The lowest BCUT2D eigenvalue weighted by atomic mass is 10.1. The molecule has 0 aliphatic carbocycles. The average molecular weight is 330 g/mol. The first-order valence-electron chi connectivity index (χ1n) is 6.71. The van der Waals surface area contributed by atoms with Gasteiger partial charge in [0, 0.05) is 6.20 Å². The van der Waals surface area contributed by atoms with Gasteiger partial charge in [0.05, 0.1) is 37.0 Å². The van der Waals surface area contributed by atoms with Crippen LogP contribution in [-0.2, 0) is 0 Å². The van der Waals surface area contributed by atoms with Gasteiger partial charge in [0.2, 0.25) is 0 Å². The number of hydrogen-bond donors (Lipinski definition) is 1. The summed E-state index contributed by atoms with van der Waals surface area (Å²) in [4.78, 5) is 26.3. The molecule has 1 amide bonds. The van der Waals surface area contributed by atoms with Crippen molar-refractivity contribution < 1.29 is 19.2 Å². The molecule has 9 nitrogen and oxygen atoms in total. The summed E-state index contributed by atoms with van der Waals surface area (Å²) in [6, 6.07) is 7.47. The summed E-state index contributed by atoms with van der Waals surface area (Å²) in [5.74, 6) is -0.00514. The number of carbonyl (C=O) groups excluding carboxylic acids is 1. The fraction of sp³-hybridized carbons (Fsp3) is 0.133. The molecule has 24 heavy (non-hydrogen) atoms. The zero-order valence-electron chi connectivity index (χ0n) is 12.9. The van der Waals surface area contributed by atoms with E-state index in [2.05, 4.69) is 15.5 Å². The maximum atomic E-state index is 11.8. The van der Waals surface area contributed by atoms with Gasteiger partial charge < -0.3 is 9.47 Å². The van der Waals surface area contributed by atoms with E-state index in [-0.39, 0.29) is 22.7 Å². The highest BCUT2D eigenvalue weighted by atomic mass is 16.6. The predicted molar refractivity (Wildman–Crippen MR) is 85.5 cm³/mol. The van der Waals surface area contributed by atoms with Crippen LogP contribution in [0.4, 0.5) is 5.69 Å². The molecule has 0 unspecified atom stereocenters. The van der Waals surface area contributed by atoms with E-state index in [4.69, 9.17) is 9.47 Å². The molecule has 0 bridgehead atoms. The van der Waals surface area contributed by atoms with Gasteiger partial charge in [-0.05, 0) is 18.2 Å². The molecule has 1 N–H and O–H groups in total. The van der Waals surface area contributed by atoms with Gasteiger partial charge in [0.25, 0.3) is 11.6 Å². The van der Waals surface area contributed by atoms with Gasteiger partial charge in [-0.15, -0.1) is 0 Å². The molecular weight excluding hydrogens is 316 g/mol. The van der Waals surface area contributed by atoms with Crippen LogP contribution in [0.1, 0.15) is 16.1 Å². The Labute approximate surface area is 137 Å². The van der Waals surface area contributed by atoms with Gasteiger partial charge in [0.15, 0.2) is 11.5 Å². The van der Waals surface area contributed by atoms with Crippen molar-refractivity contribution in [2.45, 2.75) is 0 Å². The van der Waals surface area contributed by atoms with Crippen molar-refractivity contribution in [1.29, 1.82) is 0 Å². The first-order valence-corrected chi connectivity index (χ1v) is 6.71.